The Morgan fingerprint density at radius 1 is 0.871 bits per heavy atom. The summed E-state index contributed by atoms with van der Waals surface area (Å²) in [6.45, 7) is 6.60. The second-order valence-electron chi connectivity index (χ2n) is 11.0. The maximum absolute atomic E-state index is 4.31. The molecule has 0 radical (unpaired) electrons. The van der Waals surface area contributed by atoms with Crippen LogP contribution in [-0.4, -0.2) is 36.8 Å². The van der Waals surface area contributed by atoms with Crippen LogP contribution in [0, 0.1) is 3.57 Å². The van der Waals surface area contributed by atoms with E-state index in [1.807, 2.05) is 0 Å². The van der Waals surface area contributed by atoms with Crippen LogP contribution in [0.1, 0.15) is 56.9 Å². The number of hydrogen-bond donors (Lipinski definition) is 0. The van der Waals surface area contributed by atoms with Crippen molar-refractivity contribution in [1.82, 2.24) is 0 Å². The average Bonchev–Trinajstić information content (AvgIpc) is 3.30. The van der Waals surface area contributed by atoms with E-state index < -0.39 is 36.8 Å². The molecule has 3 rings (SSSR count). The van der Waals surface area contributed by atoms with Gasteiger partial charge in [-0.25, -0.2) is 0 Å². The monoisotopic (exact) mass is 782 g/mol. The fourth-order valence-corrected chi connectivity index (χ4v) is 18.4. The first-order chi connectivity index (χ1) is 14.5. The summed E-state index contributed by atoms with van der Waals surface area (Å²) in [5.41, 5.74) is 1.58. The number of hydrogen-bond acceptors (Lipinski definition) is 2. The van der Waals surface area contributed by atoms with E-state index in [1.165, 1.54) is 47.5 Å². The maximum atomic E-state index is 4.31. The van der Waals surface area contributed by atoms with Crippen LogP contribution >= 0.6 is 45.3 Å². The van der Waals surface area contributed by atoms with Gasteiger partial charge in [0.1, 0.15) is 0 Å². The zero-order chi connectivity index (χ0) is 23.0. The molecule has 0 saturated heterocycles. The van der Waals surface area contributed by atoms with Gasteiger partial charge in [-0.2, -0.15) is 0 Å². The summed E-state index contributed by atoms with van der Waals surface area (Å²) in [5, 5.41) is 3.09. The second kappa shape index (κ2) is 10.9. The summed E-state index contributed by atoms with van der Waals surface area (Å²) in [7, 11) is 0. The molecule has 1 unspecified atom stereocenters. The molecule has 1 atom stereocenters. The molecule has 0 spiro atoms. The minimum absolute atomic E-state index is 0.472. The van der Waals surface area contributed by atoms with Crippen molar-refractivity contribution in [3.8, 4) is 0 Å². The first-order valence-corrected chi connectivity index (χ1v) is 34.5. The van der Waals surface area contributed by atoms with Gasteiger partial charge in [0.25, 0.3) is 0 Å². The van der Waals surface area contributed by atoms with E-state index >= 15 is 0 Å². The third-order valence-corrected chi connectivity index (χ3v) is 28.6. The van der Waals surface area contributed by atoms with Crippen molar-refractivity contribution < 1.29 is 0 Å². The normalized spacial score (nSPS) is 13.9. The van der Waals surface area contributed by atoms with Gasteiger partial charge in [0.15, 0.2) is 0 Å². The molecule has 0 nitrogen and oxygen atoms in total. The van der Waals surface area contributed by atoms with Crippen LogP contribution in [0.2, 0.25) is 29.6 Å². The quantitative estimate of drug-likeness (QED) is 0.0833. The molecule has 1 aromatic carbocycles. The predicted molar refractivity (Wildman–Crippen MR) is 162 cm³/mol. The number of fused-ring (bicyclic) bond motifs is 3. The van der Waals surface area contributed by atoms with Crippen molar-refractivity contribution >= 4 is 108 Å². The van der Waals surface area contributed by atoms with E-state index in [0.29, 0.717) is 5.92 Å². The van der Waals surface area contributed by atoms with Gasteiger partial charge in [-0.05, 0) is 0 Å². The first kappa shape index (κ1) is 26.8. The molecule has 0 bridgehead atoms. The molecule has 2 heterocycles. The van der Waals surface area contributed by atoms with Crippen LogP contribution in [0.4, 0.5) is 0 Å². The number of thiophene rings is 2. The molecule has 0 N–H and O–H groups in total. The van der Waals surface area contributed by atoms with Crippen molar-refractivity contribution in [3.05, 3.63) is 33.9 Å². The molecule has 31 heavy (non-hydrogen) atoms. The Morgan fingerprint density at radius 2 is 1.39 bits per heavy atom. The summed E-state index contributed by atoms with van der Waals surface area (Å²) >= 11 is 2.68. The fourth-order valence-electron chi connectivity index (χ4n) is 4.20. The van der Waals surface area contributed by atoms with Gasteiger partial charge in [-0.1, -0.05) is 0 Å². The minimum atomic E-state index is -2.14. The third-order valence-electron chi connectivity index (χ3n) is 6.19. The van der Waals surface area contributed by atoms with Crippen molar-refractivity contribution in [2.75, 3.05) is 0 Å². The predicted octanol–water partition coefficient (Wildman–Crippen LogP) is 9.44. The summed E-state index contributed by atoms with van der Waals surface area (Å²) in [5.74, 6) is 0.472. The Balaban J connectivity index is 2.19. The van der Waals surface area contributed by atoms with E-state index in [0.717, 1.165) is 0 Å². The standard InChI is InChI=1S/C20H21IS2.6CH3.2Sn/c1-3-5-6-7-8-9-14(4-2)17-15-10-12-22-19(15)20-16(18(17)21)11-13-23-20;;;;;;;;/h4,10-11,14H,2-3,5-9H2,1H3;6*1H3;;. The molecule has 0 saturated carbocycles. The summed E-state index contributed by atoms with van der Waals surface area (Å²) in [4.78, 5) is 15.3. The Kier molecular flexibility index (Phi) is 9.39. The van der Waals surface area contributed by atoms with Gasteiger partial charge in [-0.3, -0.25) is 0 Å². The number of halogens is 1. The SMILES string of the molecule is C=CC(CCCCCCC)c1c(I)c2c[c]([Sn]([CH3])([CH3])[CH3])sc2c2s[c]([Sn]([CH3])([CH3])[CH3])cc12. The fraction of sp³-hybridized carbons (Fsp3) is 0.538. The molecule has 0 fully saturated rings. The van der Waals surface area contributed by atoms with Gasteiger partial charge in [0, 0.05) is 0 Å². The van der Waals surface area contributed by atoms with Crippen LogP contribution in [0.3, 0.4) is 0 Å². The Hall–Kier alpha value is 1.21. The van der Waals surface area contributed by atoms with Crippen LogP contribution in [0.5, 0.6) is 0 Å². The molecule has 0 amide bonds. The summed E-state index contributed by atoms with van der Waals surface area (Å²) < 4.78 is 8.09. The Labute approximate surface area is 220 Å². The van der Waals surface area contributed by atoms with Gasteiger partial charge in [0.05, 0.1) is 0 Å². The number of unbranched alkanes of at least 4 members (excludes halogenated alkanes) is 4. The van der Waals surface area contributed by atoms with E-state index in [-0.39, 0.29) is 0 Å². The third kappa shape index (κ3) is 6.07. The first-order valence-electron chi connectivity index (χ1n) is 11.8. The zero-order valence-corrected chi connectivity index (χ0v) is 30.0. The second-order valence-corrected chi connectivity index (χ2v) is 45.0. The molecule has 0 aliphatic rings. The molecule has 5 heteroatoms. The zero-order valence-electron chi connectivity index (χ0n) is 20.5. The van der Waals surface area contributed by atoms with Crippen molar-refractivity contribution in [1.29, 1.82) is 0 Å². The molecule has 3 aromatic rings. The van der Waals surface area contributed by atoms with Crippen LogP contribution in [-0.2, 0) is 0 Å². The summed E-state index contributed by atoms with van der Waals surface area (Å²) in [6.07, 6.45) is 10.2. The molecule has 0 aliphatic carbocycles. The van der Waals surface area contributed by atoms with Crippen molar-refractivity contribution in [3.63, 3.8) is 0 Å². The van der Waals surface area contributed by atoms with Crippen LogP contribution < -0.4 is 5.79 Å². The van der Waals surface area contributed by atoms with E-state index in [2.05, 4.69) is 107 Å². The number of rotatable bonds is 10. The van der Waals surface area contributed by atoms with Gasteiger partial charge in [0.2, 0.25) is 0 Å². The van der Waals surface area contributed by atoms with Gasteiger partial charge in [-0.15, -0.1) is 0 Å². The van der Waals surface area contributed by atoms with Crippen molar-refractivity contribution in [2.45, 2.75) is 81.0 Å². The van der Waals surface area contributed by atoms with E-state index in [1.54, 1.807) is 26.1 Å². The Morgan fingerprint density at radius 3 is 1.90 bits per heavy atom. The van der Waals surface area contributed by atoms with Crippen LogP contribution in [0.25, 0.3) is 20.2 Å². The van der Waals surface area contributed by atoms with Crippen molar-refractivity contribution in [2.24, 2.45) is 0 Å². The molecular formula is C26H39IS2Sn2. The molecule has 2 aromatic heterocycles. The topological polar surface area (TPSA) is 0 Å². The molecule has 0 aliphatic heterocycles. The average molecular weight is 780 g/mol. The summed E-state index contributed by atoms with van der Waals surface area (Å²) in [6, 6.07) is 5.20. The number of benzene rings is 1. The number of allylic oxidation sites excluding steroid dienone is 1. The van der Waals surface area contributed by atoms with E-state index in [9.17, 15) is 0 Å². The van der Waals surface area contributed by atoms with Crippen LogP contribution in [0.15, 0.2) is 24.8 Å². The molecule has 170 valence electrons. The Bertz CT molecular complexity index is 1060. The van der Waals surface area contributed by atoms with Gasteiger partial charge >= 0.3 is 223 Å². The van der Waals surface area contributed by atoms with E-state index in [4.69, 9.17) is 0 Å². The van der Waals surface area contributed by atoms with Gasteiger partial charge < -0.3 is 0 Å². The molecular weight excluding hydrogens is 741 g/mol.